The van der Waals surface area contributed by atoms with Crippen LogP contribution in [0.1, 0.15) is 31.9 Å². The number of hydrogen-bond donors (Lipinski definition) is 1. The van der Waals surface area contributed by atoms with Gasteiger partial charge in [-0.3, -0.25) is 9.59 Å². The van der Waals surface area contributed by atoms with E-state index in [2.05, 4.69) is 20.8 Å². The summed E-state index contributed by atoms with van der Waals surface area (Å²) in [7, 11) is 1.56. The monoisotopic (exact) mass is 248 g/mol. The zero-order chi connectivity index (χ0) is 13.9. The van der Waals surface area contributed by atoms with E-state index in [0.717, 1.165) is 5.56 Å². The number of hydrogen-bond acceptors (Lipinski definition) is 2. The first-order valence-electron chi connectivity index (χ1n) is 5.86. The number of rotatable bonds is 2. The van der Waals surface area contributed by atoms with Crippen molar-refractivity contribution in [3.05, 3.63) is 35.4 Å². The van der Waals surface area contributed by atoms with Crippen molar-refractivity contribution in [1.29, 1.82) is 0 Å². The van der Waals surface area contributed by atoms with E-state index >= 15 is 0 Å². The van der Waals surface area contributed by atoms with Crippen LogP contribution in [0.3, 0.4) is 0 Å². The molecule has 0 fully saturated rings. The second-order valence-corrected chi connectivity index (χ2v) is 5.47. The van der Waals surface area contributed by atoms with Crippen LogP contribution in [0.2, 0.25) is 0 Å². The molecule has 0 bridgehead atoms. The van der Waals surface area contributed by atoms with E-state index in [4.69, 9.17) is 5.73 Å². The number of likely N-dealkylation sites (N-methyl/N-ethyl adjacent to an activating group) is 1. The molecule has 0 aliphatic carbocycles. The Morgan fingerprint density at radius 3 is 2.06 bits per heavy atom. The molecule has 4 nitrogen and oxygen atoms in total. The Balaban J connectivity index is 2.76. The quantitative estimate of drug-likeness (QED) is 0.805. The summed E-state index contributed by atoms with van der Waals surface area (Å²) in [4.78, 5) is 23.4. The molecule has 0 saturated carbocycles. The minimum atomic E-state index is -0.927. The predicted octanol–water partition coefficient (Wildman–Crippen LogP) is 1.43. The average molecular weight is 248 g/mol. The second-order valence-electron chi connectivity index (χ2n) is 5.47. The normalized spacial score (nSPS) is 11.1. The lowest BCUT2D eigenvalue weighted by atomic mass is 9.87. The number of amides is 2. The summed E-state index contributed by atoms with van der Waals surface area (Å²) in [6, 6.07) is 8.01. The summed E-state index contributed by atoms with van der Waals surface area (Å²) in [5, 5.41) is 0. The molecular weight excluding hydrogens is 228 g/mol. The molecule has 1 rings (SSSR count). The topological polar surface area (TPSA) is 63.4 Å². The molecule has 0 spiro atoms. The van der Waals surface area contributed by atoms with Gasteiger partial charge < -0.3 is 10.6 Å². The van der Waals surface area contributed by atoms with Gasteiger partial charge in [-0.2, -0.15) is 0 Å². The molecule has 98 valence electrons. The van der Waals surface area contributed by atoms with Gasteiger partial charge in [0, 0.05) is 13.6 Å². The summed E-state index contributed by atoms with van der Waals surface area (Å²) in [5.41, 5.74) is 7.25. The van der Waals surface area contributed by atoms with Crippen molar-refractivity contribution < 1.29 is 9.59 Å². The first-order valence-corrected chi connectivity index (χ1v) is 5.86. The van der Waals surface area contributed by atoms with Gasteiger partial charge in [0.05, 0.1) is 0 Å². The molecular formula is C14H20N2O2. The van der Waals surface area contributed by atoms with Gasteiger partial charge in [-0.05, 0) is 16.5 Å². The molecule has 2 amide bonds. The standard InChI is InChI=1S/C14H20N2O2/c1-14(2,3)11-7-5-10(6-8-11)9-16(4)13(18)12(15)17/h5-8H,9H2,1-4H3,(H2,15,17). The van der Waals surface area contributed by atoms with Crippen molar-refractivity contribution in [2.24, 2.45) is 5.73 Å². The van der Waals surface area contributed by atoms with E-state index in [1.165, 1.54) is 10.5 Å². The van der Waals surface area contributed by atoms with Crippen LogP contribution in [-0.2, 0) is 21.5 Å². The van der Waals surface area contributed by atoms with Gasteiger partial charge >= 0.3 is 11.8 Å². The van der Waals surface area contributed by atoms with E-state index < -0.39 is 11.8 Å². The molecule has 4 heteroatoms. The number of primary amides is 1. The van der Waals surface area contributed by atoms with Crippen molar-refractivity contribution in [3.63, 3.8) is 0 Å². The highest BCUT2D eigenvalue weighted by molar-refractivity contribution is 6.34. The number of carbonyl (C=O) groups is 2. The molecule has 0 radical (unpaired) electrons. The third kappa shape index (κ3) is 3.58. The fraction of sp³-hybridized carbons (Fsp3) is 0.429. The van der Waals surface area contributed by atoms with Crippen LogP contribution in [0.4, 0.5) is 0 Å². The van der Waals surface area contributed by atoms with E-state index in [1.54, 1.807) is 7.05 Å². The Morgan fingerprint density at radius 2 is 1.67 bits per heavy atom. The molecule has 0 unspecified atom stereocenters. The SMILES string of the molecule is CN(Cc1ccc(C(C)(C)C)cc1)C(=O)C(N)=O. The average Bonchev–Trinajstić information content (AvgIpc) is 2.27. The summed E-state index contributed by atoms with van der Waals surface area (Å²) < 4.78 is 0. The van der Waals surface area contributed by atoms with E-state index in [0.29, 0.717) is 6.54 Å². The van der Waals surface area contributed by atoms with E-state index in [-0.39, 0.29) is 5.41 Å². The van der Waals surface area contributed by atoms with Crippen LogP contribution in [0.15, 0.2) is 24.3 Å². The Kier molecular flexibility index (Phi) is 4.11. The molecule has 0 heterocycles. The molecule has 1 aromatic rings. The Morgan fingerprint density at radius 1 is 1.17 bits per heavy atom. The van der Waals surface area contributed by atoms with Crippen LogP contribution >= 0.6 is 0 Å². The third-order valence-electron chi connectivity index (χ3n) is 2.80. The lowest BCUT2D eigenvalue weighted by molar-refractivity contribution is -0.143. The van der Waals surface area contributed by atoms with Gasteiger partial charge in [0.15, 0.2) is 0 Å². The van der Waals surface area contributed by atoms with Crippen molar-refractivity contribution >= 4 is 11.8 Å². The van der Waals surface area contributed by atoms with Gasteiger partial charge in [0.25, 0.3) is 0 Å². The molecule has 2 N–H and O–H groups in total. The van der Waals surface area contributed by atoms with Gasteiger partial charge in [-0.1, -0.05) is 45.0 Å². The van der Waals surface area contributed by atoms with Crippen molar-refractivity contribution in [2.75, 3.05) is 7.05 Å². The third-order valence-corrected chi connectivity index (χ3v) is 2.80. The number of nitrogens with zero attached hydrogens (tertiary/aromatic N) is 1. The first-order chi connectivity index (χ1) is 8.21. The number of benzene rings is 1. The Labute approximate surface area is 108 Å². The first kappa shape index (κ1) is 14.2. The maximum atomic E-state index is 11.3. The summed E-state index contributed by atoms with van der Waals surface area (Å²) >= 11 is 0. The lowest BCUT2D eigenvalue weighted by Crippen LogP contribution is -2.37. The smallest absolute Gasteiger partial charge is 0.311 e. The molecule has 18 heavy (non-hydrogen) atoms. The van der Waals surface area contributed by atoms with E-state index in [9.17, 15) is 9.59 Å². The summed E-state index contributed by atoms with van der Waals surface area (Å²) in [6.45, 7) is 6.81. The predicted molar refractivity (Wildman–Crippen MR) is 70.8 cm³/mol. The zero-order valence-electron chi connectivity index (χ0n) is 11.4. The minimum Gasteiger partial charge on any atom is -0.361 e. The molecule has 0 atom stereocenters. The maximum absolute atomic E-state index is 11.3. The van der Waals surface area contributed by atoms with Gasteiger partial charge in [-0.25, -0.2) is 0 Å². The summed E-state index contributed by atoms with van der Waals surface area (Å²) in [6.07, 6.45) is 0. The molecule has 0 aliphatic rings. The van der Waals surface area contributed by atoms with Crippen molar-refractivity contribution in [2.45, 2.75) is 32.7 Å². The molecule has 1 aromatic carbocycles. The zero-order valence-corrected chi connectivity index (χ0v) is 11.4. The largest absolute Gasteiger partial charge is 0.361 e. The van der Waals surface area contributed by atoms with Crippen LogP contribution in [-0.4, -0.2) is 23.8 Å². The highest BCUT2D eigenvalue weighted by Gasteiger charge is 2.16. The number of nitrogens with two attached hydrogens (primary N) is 1. The van der Waals surface area contributed by atoms with Gasteiger partial charge in [-0.15, -0.1) is 0 Å². The molecule has 0 aliphatic heterocycles. The van der Waals surface area contributed by atoms with Crippen LogP contribution in [0.25, 0.3) is 0 Å². The Bertz CT molecular complexity index is 444. The van der Waals surface area contributed by atoms with Gasteiger partial charge in [0.1, 0.15) is 0 Å². The van der Waals surface area contributed by atoms with Crippen LogP contribution in [0.5, 0.6) is 0 Å². The number of carbonyl (C=O) groups excluding carboxylic acids is 2. The Hall–Kier alpha value is -1.84. The fourth-order valence-corrected chi connectivity index (χ4v) is 1.64. The minimum absolute atomic E-state index is 0.105. The molecule has 0 saturated heterocycles. The van der Waals surface area contributed by atoms with Crippen LogP contribution < -0.4 is 5.73 Å². The maximum Gasteiger partial charge on any atom is 0.311 e. The van der Waals surface area contributed by atoms with Crippen molar-refractivity contribution in [1.82, 2.24) is 4.90 Å². The van der Waals surface area contributed by atoms with Crippen molar-refractivity contribution in [3.8, 4) is 0 Å². The van der Waals surface area contributed by atoms with Gasteiger partial charge in [0.2, 0.25) is 0 Å². The fourth-order valence-electron chi connectivity index (χ4n) is 1.64. The van der Waals surface area contributed by atoms with E-state index in [1.807, 2.05) is 24.3 Å². The highest BCUT2D eigenvalue weighted by Crippen LogP contribution is 2.22. The lowest BCUT2D eigenvalue weighted by Gasteiger charge is -2.20. The highest BCUT2D eigenvalue weighted by atomic mass is 16.2. The summed E-state index contributed by atoms with van der Waals surface area (Å²) in [5.74, 6) is -1.60. The van der Waals surface area contributed by atoms with Crippen LogP contribution in [0, 0.1) is 0 Å². The second kappa shape index (κ2) is 5.21. The molecule has 0 aromatic heterocycles.